The van der Waals surface area contributed by atoms with E-state index in [1.165, 1.54) is 108 Å². The van der Waals surface area contributed by atoms with E-state index in [-0.39, 0.29) is 6.47 Å². The first-order valence-electron chi connectivity index (χ1n) is 10.4. The molecule has 0 aromatic rings. The average molecular weight is 351 g/mol. The Hall–Kier alpha value is -1.32. The van der Waals surface area contributed by atoms with Gasteiger partial charge in [0.1, 0.15) is 0 Å². The second kappa shape index (κ2) is 16.2. The first-order chi connectivity index (χ1) is 12.4. The number of rotatable bonds is 1. The largest absolute Gasteiger partial charge is 0.483 e. The van der Waals surface area contributed by atoms with Gasteiger partial charge in [-0.05, 0) is 50.5 Å². The van der Waals surface area contributed by atoms with Crippen LogP contribution in [0.1, 0.15) is 103 Å². The minimum absolute atomic E-state index is 0.250. The van der Waals surface area contributed by atoms with E-state index in [2.05, 4.69) is 11.5 Å². The Labute approximate surface area is 154 Å². The number of hydrogen-bond acceptors (Lipinski definition) is 3. The minimum Gasteiger partial charge on any atom is -0.483 e. The topological polar surface area (TPSA) is 61.7 Å². The standard InChI is InChI=1S/C20H36N2.CH2O2/c1-2-4-8-12-16-19(15-11-7-3-1)20-17-13-9-5-6-10-14-18-21-22-20;2-1-3/h15,21H,1-14,16-18H2;1H,(H,2,3)/b19-15+,22-20-;. The SMILES string of the molecule is C1=C(/C2=N\NCCCCCCCC2)CCCCCCCCC/1.O=CO. The maximum absolute atomic E-state index is 8.36. The third-order valence-corrected chi connectivity index (χ3v) is 5.08. The summed E-state index contributed by atoms with van der Waals surface area (Å²) >= 11 is 0. The zero-order valence-electron chi connectivity index (χ0n) is 16.0. The molecule has 0 aromatic carbocycles. The van der Waals surface area contributed by atoms with Gasteiger partial charge in [0.15, 0.2) is 0 Å². The molecule has 2 rings (SSSR count). The highest BCUT2D eigenvalue weighted by molar-refractivity contribution is 5.99. The van der Waals surface area contributed by atoms with Crippen molar-refractivity contribution in [1.82, 2.24) is 5.43 Å². The number of carbonyl (C=O) groups is 1. The van der Waals surface area contributed by atoms with Crippen LogP contribution in [0.2, 0.25) is 0 Å². The Balaban J connectivity index is 0.000000970. The Bertz CT molecular complexity index is 357. The van der Waals surface area contributed by atoms with Gasteiger partial charge in [-0.3, -0.25) is 4.79 Å². The molecule has 0 saturated carbocycles. The van der Waals surface area contributed by atoms with Crippen LogP contribution in [0.3, 0.4) is 0 Å². The van der Waals surface area contributed by atoms with Gasteiger partial charge in [0.25, 0.3) is 6.47 Å². The summed E-state index contributed by atoms with van der Waals surface area (Å²) in [6, 6.07) is 0. The quantitative estimate of drug-likeness (QED) is 0.585. The highest BCUT2D eigenvalue weighted by Gasteiger charge is 2.09. The van der Waals surface area contributed by atoms with Gasteiger partial charge in [0, 0.05) is 6.54 Å². The smallest absolute Gasteiger partial charge is 0.290 e. The molecule has 0 radical (unpaired) electrons. The van der Waals surface area contributed by atoms with Crippen LogP contribution in [0.4, 0.5) is 0 Å². The Morgan fingerprint density at radius 2 is 1.32 bits per heavy atom. The van der Waals surface area contributed by atoms with Crippen LogP contribution in [0.25, 0.3) is 0 Å². The lowest BCUT2D eigenvalue weighted by molar-refractivity contribution is -0.122. The third kappa shape index (κ3) is 11.8. The number of allylic oxidation sites excluding steroid dienone is 2. The molecule has 0 bridgehead atoms. The number of carboxylic acid groups (broad SMARTS) is 1. The van der Waals surface area contributed by atoms with Gasteiger partial charge in [0.05, 0.1) is 5.71 Å². The van der Waals surface area contributed by atoms with Gasteiger partial charge in [0.2, 0.25) is 0 Å². The zero-order chi connectivity index (χ0) is 18.0. The average Bonchev–Trinajstić information content (AvgIpc) is 2.72. The monoisotopic (exact) mass is 350 g/mol. The van der Waals surface area contributed by atoms with Crippen LogP contribution < -0.4 is 5.43 Å². The van der Waals surface area contributed by atoms with E-state index in [0.29, 0.717) is 0 Å². The molecule has 0 fully saturated rings. The van der Waals surface area contributed by atoms with Gasteiger partial charge < -0.3 is 10.5 Å². The Morgan fingerprint density at radius 1 is 0.800 bits per heavy atom. The second-order valence-electron chi connectivity index (χ2n) is 7.19. The lowest BCUT2D eigenvalue weighted by Crippen LogP contribution is -2.14. The fraction of sp³-hybridized carbons (Fsp3) is 0.810. The molecule has 0 unspecified atom stereocenters. The van der Waals surface area contributed by atoms with Crippen LogP contribution in [0.15, 0.2) is 16.8 Å². The van der Waals surface area contributed by atoms with Crippen molar-refractivity contribution in [3.8, 4) is 0 Å². The number of nitrogens with one attached hydrogen (secondary N) is 1. The summed E-state index contributed by atoms with van der Waals surface area (Å²) in [6.45, 7) is 0.802. The molecule has 4 heteroatoms. The van der Waals surface area contributed by atoms with Crippen molar-refractivity contribution in [3.63, 3.8) is 0 Å². The molecule has 0 spiro atoms. The van der Waals surface area contributed by atoms with E-state index >= 15 is 0 Å². The maximum Gasteiger partial charge on any atom is 0.290 e. The van der Waals surface area contributed by atoms with E-state index < -0.39 is 0 Å². The van der Waals surface area contributed by atoms with Gasteiger partial charge >= 0.3 is 0 Å². The van der Waals surface area contributed by atoms with Gasteiger partial charge in [-0.2, -0.15) is 5.10 Å². The molecule has 2 N–H and O–H groups in total. The second-order valence-corrected chi connectivity index (χ2v) is 7.19. The highest BCUT2D eigenvalue weighted by atomic mass is 16.3. The summed E-state index contributed by atoms with van der Waals surface area (Å²) in [4.78, 5) is 8.36. The molecule has 0 amide bonds. The molecule has 2 aliphatic rings. The molecule has 0 saturated heterocycles. The molecule has 0 atom stereocenters. The molecule has 1 aliphatic heterocycles. The highest BCUT2D eigenvalue weighted by Crippen LogP contribution is 2.20. The maximum atomic E-state index is 8.36. The van der Waals surface area contributed by atoms with Crippen molar-refractivity contribution < 1.29 is 9.90 Å². The van der Waals surface area contributed by atoms with E-state index in [4.69, 9.17) is 15.0 Å². The molecule has 1 heterocycles. The predicted octanol–water partition coefficient (Wildman–Crippen LogP) is 5.83. The van der Waals surface area contributed by atoms with E-state index in [1.54, 1.807) is 5.57 Å². The summed E-state index contributed by atoms with van der Waals surface area (Å²) in [6.07, 6.45) is 24.2. The molecular formula is C21H38N2O2. The minimum atomic E-state index is -0.250. The molecule has 25 heavy (non-hydrogen) atoms. The summed E-state index contributed by atoms with van der Waals surface area (Å²) in [5.74, 6) is 0. The van der Waals surface area contributed by atoms with Crippen LogP contribution in [0.5, 0.6) is 0 Å². The molecule has 4 nitrogen and oxygen atoms in total. The molecule has 1 aliphatic carbocycles. The lowest BCUT2D eigenvalue weighted by atomic mass is 9.97. The van der Waals surface area contributed by atoms with Gasteiger partial charge in [-0.15, -0.1) is 0 Å². The van der Waals surface area contributed by atoms with E-state index in [0.717, 1.165) is 6.54 Å². The first-order valence-corrected chi connectivity index (χ1v) is 10.4. The van der Waals surface area contributed by atoms with Gasteiger partial charge in [-0.25, -0.2) is 0 Å². The van der Waals surface area contributed by atoms with Crippen molar-refractivity contribution >= 4 is 12.2 Å². The first kappa shape index (κ1) is 21.7. The van der Waals surface area contributed by atoms with Crippen LogP contribution in [-0.4, -0.2) is 23.8 Å². The van der Waals surface area contributed by atoms with Crippen molar-refractivity contribution in [2.75, 3.05) is 6.54 Å². The summed E-state index contributed by atoms with van der Waals surface area (Å²) in [5, 5.41) is 11.7. The van der Waals surface area contributed by atoms with Gasteiger partial charge in [-0.1, -0.05) is 63.9 Å². The number of nitrogens with zero attached hydrogens (tertiary/aromatic N) is 1. The molecule has 0 aromatic heterocycles. The fourth-order valence-corrected chi connectivity index (χ4v) is 3.63. The van der Waals surface area contributed by atoms with E-state index in [1.807, 2.05) is 0 Å². The normalized spacial score (nSPS) is 25.8. The molecule has 144 valence electrons. The summed E-state index contributed by atoms with van der Waals surface area (Å²) in [5.41, 5.74) is 6.29. The van der Waals surface area contributed by atoms with Crippen molar-refractivity contribution in [2.45, 2.75) is 103 Å². The van der Waals surface area contributed by atoms with Crippen molar-refractivity contribution in [3.05, 3.63) is 11.6 Å². The zero-order valence-corrected chi connectivity index (χ0v) is 16.0. The lowest BCUT2D eigenvalue weighted by Gasteiger charge is -2.12. The van der Waals surface area contributed by atoms with Crippen LogP contribution in [0, 0.1) is 0 Å². The third-order valence-electron chi connectivity index (χ3n) is 5.08. The Kier molecular flexibility index (Phi) is 14.0. The predicted molar refractivity (Wildman–Crippen MR) is 106 cm³/mol. The molecular weight excluding hydrogens is 312 g/mol. The number of hydrogen-bond donors (Lipinski definition) is 2. The number of hydrazone groups is 1. The van der Waals surface area contributed by atoms with Crippen LogP contribution >= 0.6 is 0 Å². The van der Waals surface area contributed by atoms with Crippen LogP contribution in [-0.2, 0) is 4.79 Å². The van der Waals surface area contributed by atoms with Crippen molar-refractivity contribution in [1.29, 1.82) is 0 Å². The fourth-order valence-electron chi connectivity index (χ4n) is 3.63. The summed E-state index contributed by atoms with van der Waals surface area (Å²) < 4.78 is 0. The van der Waals surface area contributed by atoms with Crippen molar-refractivity contribution in [2.24, 2.45) is 5.10 Å². The Morgan fingerprint density at radius 3 is 2.00 bits per heavy atom. The van der Waals surface area contributed by atoms with E-state index in [9.17, 15) is 0 Å². The summed E-state index contributed by atoms with van der Waals surface area (Å²) in [7, 11) is 0.